The van der Waals surface area contributed by atoms with Crippen molar-refractivity contribution in [3.63, 3.8) is 0 Å². The molecule has 3 aliphatic heterocycles. The number of carbonyl (C=O) groups is 4. The lowest BCUT2D eigenvalue weighted by atomic mass is 9.70. The molecule has 3 amide bonds. The number of rotatable bonds is 16. The van der Waals surface area contributed by atoms with E-state index in [1.54, 1.807) is 55.7 Å². The number of nitrogens with one attached hydrogen (secondary N) is 1. The molecular formula is C38H46BrN3O8. The Morgan fingerprint density at radius 1 is 1.14 bits per heavy atom. The van der Waals surface area contributed by atoms with Crippen LogP contribution in [0.1, 0.15) is 44.8 Å². The lowest BCUT2D eigenvalue weighted by molar-refractivity contribution is -0.161. The van der Waals surface area contributed by atoms with Gasteiger partial charge < -0.3 is 34.4 Å². The second-order valence-corrected chi connectivity index (χ2v) is 14.5. The molecule has 2 aromatic rings. The zero-order valence-electron chi connectivity index (χ0n) is 28.7. The van der Waals surface area contributed by atoms with Crippen LogP contribution >= 0.6 is 15.9 Å². The number of nitrogens with zero attached hydrogens (tertiary/aromatic N) is 2. The van der Waals surface area contributed by atoms with E-state index in [1.165, 1.54) is 9.80 Å². The molecule has 268 valence electrons. The molecular weight excluding hydrogens is 706 g/mol. The Bertz CT molecular complexity index is 1570. The molecule has 0 aliphatic carbocycles. The van der Waals surface area contributed by atoms with Crippen LogP contribution in [0, 0.1) is 17.8 Å². The highest BCUT2D eigenvalue weighted by Gasteiger charge is 2.77. The minimum absolute atomic E-state index is 0.0248. The summed E-state index contributed by atoms with van der Waals surface area (Å²) in [4.78, 5) is 59.1. The topological polar surface area (TPSA) is 135 Å². The molecule has 3 aliphatic rings. The third kappa shape index (κ3) is 6.97. The van der Waals surface area contributed by atoms with E-state index in [0.29, 0.717) is 23.4 Å². The van der Waals surface area contributed by atoms with E-state index in [0.717, 1.165) is 0 Å². The number of amides is 3. The normalized spacial score (nSPS) is 26.2. The van der Waals surface area contributed by atoms with Crippen LogP contribution in [0.25, 0.3) is 0 Å². The molecule has 12 heteroatoms. The first-order chi connectivity index (χ1) is 24.0. The summed E-state index contributed by atoms with van der Waals surface area (Å²) < 4.78 is 18.2. The highest BCUT2D eigenvalue weighted by molar-refractivity contribution is 9.09. The number of carbonyl (C=O) groups excluding carboxylic acids is 4. The van der Waals surface area contributed by atoms with Crippen LogP contribution in [-0.4, -0.2) is 89.1 Å². The van der Waals surface area contributed by atoms with Gasteiger partial charge in [-0.15, -0.1) is 13.2 Å². The zero-order chi connectivity index (χ0) is 36.2. The fraction of sp³-hybridized carbons (Fsp3) is 0.474. The number of benzene rings is 2. The van der Waals surface area contributed by atoms with Crippen molar-refractivity contribution in [1.29, 1.82) is 0 Å². The second-order valence-electron chi connectivity index (χ2n) is 13.3. The van der Waals surface area contributed by atoms with Crippen LogP contribution in [-0.2, 0) is 28.7 Å². The Morgan fingerprint density at radius 3 is 2.44 bits per heavy atom. The molecule has 2 bridgehead atoms. The molecule has 0 aromatic heterocycles. The average molecular weight is 753 g/mol. The summed E-state index contributed by atoms with van der Waals surface area (Å²) in [5, 5.41) is 13.5. The predicted molar refractivity (Wildman–Crippen MR) is 192 cm³/mol. The van der Waals surface area contributed by atoms with Gasteiger partial charge in [0.1, 0.15) is 23.5 Å². The van der Waals surface area contributed by atoms with Gasteiger partial charge >= 0.3 is 5.97 Å². The maximum Gasteiger partial charge on any atom is 0.313 e. The molecule has 8 atom stereocenters. The number of hydrogen-bond donors (Lipinski definition) is 2. The van der Waals surface area contributed by atoms with Gasteiger partial charge in [-0.25, -0.2) is 0 Å². The number of aliphatic hydroxyl groups excluding tert-OH is 1. The molecule has 5 rings (SSSR count). The zero-order valence-corrected chi connectivity index (χ0v) is 30.3. The number of methoxy groups -OCH3 is 1. The van der Waals surface area contributed by atoms with Crippen LogP contribution in [0.3, 0.4) is 0 Å². The summed E-state index contributed by atoms with van der Waals surface area (Å²) in [6, 6.07) is 14.2. The number of allylic oxidation sites excluding steroid dienone is 1. The number of esters is 1. The largest absolute Gasteiger partial charge is 0.497 e. The van der Waals surface area contributed by atoms with Crippen LogP contribution in [0.5, 0.6) is 5.75 Å². The summed E-state index contributed by atoms with van der Waals surface area (Å²) in [7, 11) is 1.55. The lowest BCUT2D eigenvalue weighted by Crippen LogP contribution is -2.60. The molecule has 0 radical (unpaired) electrons. The van der Waals surface area contributed by atoms with Crippen LogP contribution in [0.15, 0.2) is 79.9 Å². The Kier molecular flexibility index (Phi) is 11.9. The fourth-order valence-corrected chi connectivity index (χ4v) is 8.54. The van der Waals surface area contributed by atoms with Crippen LogP contribution in [0.4, 0.5) is 5.69 Å². The molecule has 1 unspecified atom stereocenters. The Balaban J connectivity index is 1.52. The van der Waals surface area contributed by atoms with Gasteiger partial charge in [0.15, 0.2) is 0 Å². The van der Waals surface area contributed by atoms with Crippen molar-refractivity contribution in [1.82, 2.24) is 10.2 Å². The molecule has 3 saturated heterocycles. The summed E-state index contributed by atoms with van der Waals surface area (Å²) in [6.45, 7) is 11.0. The molecule has 11 nitrogen and oxygen atoms in total. The van der Waals surface area contributed by atoms with Gasteiger partial charge in [-0.3, -0.25) is 19.2 Å². The highest BCUT2D eigenvalue weighted by atomic mass is 79.9. The summed E-state index contributed by atoms with van der Waals surface area (Å²) in [5.74, 6) is -3.44. The standard InChI is InChI=1S/C38H46BrN3O8/c1-6-8-14-30(44)40-21-29(24-12-10-9-11-13-24)49-37(47)31-32-35(45)42(28(22-43)23(3)4)34(38(32)20-27(39)33(31)50-38)36(46)41(19-7-2)25-15-17-26(48-5)18-16-25/h6-7,9-13,15-18,23,27-29,31-34,43H,1-2,8,14,19-22H2,3-5H3,(H,40,44)/t27?,28-,29-,31+,32-,33+,34+,38-/m0/s1. The van der Waals surface area contributed by atoms with E-state index in [-0.39, 0.29) is 42.6 Å². The van der Waals surface area contributed by atoms with Gasteiger partial charge in [-0.2, -0.15) is 0 Å². The smallest absolute Gasteiger partial charge is 0.313 e. The van der Waals surface area contributed by atoms with Crippen molar-refractivity contribution in [2.24, 2.45) is 17.8 Å². The number of ether oxygens (including phenoxy) is 3. The minimum Gasteiger partial charge on any atom is -0.497 e. The SMILES string of the molecule is C=CCCC(=O)NC[C@H](OC(=O)[C@H]1[C@@H]2O[C@@]3(CC2Br)[C@@H]1C(=O)N([C@@H](CO)C(C)C)[C@@H]3C(=O)N(CC=C)c1ccc(OC)cc1)c1ccccc1. The van der Waals surface area contributed by atoms with E-state index in [9.17, 15) is 24.3 Å². The van der Waals surface area contributed by atoms with Crippen molar-refractivity contribution in [3.8, 4) is 5.75 Å². The van der Waals surface area contributed by atoms with E-state index < -0.39 is 66.1 Å². The van der Waals surface area contributed by atoms with Crippen molar-refractivity contribution in [3.05, 3.63) is 85.5 Å². The number of anilines is 1. The third-order valence-corrected chi connectivity index (χ3v) is 10.8. The number of aliphatic hydroxyl groups is 1. The maximum absolute atomic E-state index is 14.9. The van der Waals surface area contributed by atoms with Gasteiger partial charge in [0.25, 0.3) is 5.91 Å². The van der Waals surface area contributed by atoms with E-state index >= 15 is 0 Å². The molecule has 3 fully saturated rings. The summed E-state index contributed by atoms with van der Waals surface area (Å²) >= 11 is 3.72. The average Bonchev–Trinajstić information content (AvgIpc) is 3.71. The maximum atomic E-state index is 14.9. The van der Waals surface area contributed by atoms with E-state index in [4.69, 9.17) is 14.2 Å². The lowest BCUT2D eigenvalue weighted by Gasteiger charge is -2.40. The van der Waals surface area contributed by atoms with Gasteiger partial charge in [-0.05, 0) is 48.6 Å². The van der Waals surface area contributed by atoms with E-state index in [2.05, 4.69) is 34.4 Å². The number of likely N-dealkylation sites (tertiary alicyclic amines) is 1. The molecule has 1 spiro atoms. The van der Waals surface area contributed by atoms with Crippen molar-refractivity contribution >= 4 is 45.3 Å². The number of fused-ring (bicyclic) bond motifs is 1. The molecule has 2 aromatic carbocycles. The second kappa shape index (κ2) is 15.9. The van der Waals surface area contributed by atoms with E-state index in [1.807, 2.05) is 32.0 Å². The van der Waals surface area contributed by atoms with Crippen molar-refractivity contribution in [2.45, 2.75) is 67.8 Å². The van der Waals surface area contributed by atoms with Gasteiger partial charge in [0.05, 0.1) is 44.2 Å². The monoisotopic (exact) mass is 751 g/mol. The first-order valence-electron chi connectivity index (χ1n) is 17.0. The first kappa shape index (κ1) is 37.3. The summed E-state index contributed by atoms with van der Waals surface area (Å²) in [5.41, 5.74) is -0.148. The minimum atomic E-state index is -1.38. The van der Waals surface area contributed by atoms with Crippen molar-refractivity contribution < 1.29 is 38.5 Å². The molecule has 3 heterocycles. The third-order valence-electron chi connectivity index (χ3n) is 10.00. The number of halogens is 1. The first-order valence-corrected chi connectivity index (χ1v) is 17.9. The Morgan fingerprint density at radius 2 is 1.84 bits per heavy atom. The Hall–Kier alpha value is -4.00. The molecule has 2 N–H and O–H groups in total. The van der Waals surface area contributed by atoms with Gasteiger partial charge in [0.2, 0.25) is 11.8 Å². The fourth-order valence-electron chi connectivity index (χ4n) is 7.60. The van der Waals surface area contributed by atoms with Crippen LogP contribution in [0.2, 0.25) is 0 Å². The highest BCUT2D eigenvalue weighted by Crippen LogP contribution is 2.61. The Labute approximate surface area is 301 Å². The predicted octanol–water partition coefficient (Wildman–Crippen LogP) is 4.35. The molecule has 0 saturated carbocycles. The van der Waals surface area contributed by atoms with Crippen LogP contribution < -0.4 is 15.0 Å². The van der Waals surface area contributed by atoms with Gasteiger partial charge in [0, 0.05) is 23.5 Å². The van der Waals surface area contributed by atoms with Crippen molar-refractivity contribution in [2.75, 3.05) is 31.7 Å². The summed E-state index contributed by atoms with van der Waals surface area (Å²) in [6.07, 6.45) is 2.69. The number of hydrogen-bond acceptors (Lipinski definition) is 8. The quantitative estimate of drug-likeness (QED) is 0.147. The van der Waals surface area contributed by atoms with Gasteiger partial charge in [-0.1, -0.05) is 72.3 Å². The number of alkyl halides is 1. The molecule has 50 heavy (non-hydrogen) atoms.